The summed E-state index contributed by atoms with van der Waals surface area (Å²) in [5.41, 5.74) is 2.42. The topological polar surface area (TPSA) is 50.8 Å². The number of nitrogens with zero attached hydrogens (tertiary/aromatic N) is 1. The molecule has 0 spiro atoms. The van der Waals surface area contributed by atoms with E-state index in [1.54, 1.807) is 11.9 Å². The minimum Gasteiger partial charge on any atom is -0.454 e. The third-order valence-corrected chi connectivity index (χ3v) is 3.88. The average Bonchev–Trinajstić information content (AvgIpc) is 2.99. The van der Waals surface area contributed by atoms with E-state index < -0.39 is 0 Å². The van der Waals surface area contributed by atoms with Crippen LogP contribution in [-0.2, 0) is 0 Å². The van der Waals surface area contributed by atoms with Crippen molar-refractivity contribution < 1.29 is 14.3 Å². The summed E-state index contributed by atoms with van der Waals surface area (Å²) in [6, 6.07) is 13.2. The molecular formula is C16H14N2O3. The zero-order valence-electron chi connectivity index (χ0n) is 11.5. The smallest absolute Gasteiger partial charge is 0.257 e. The molecule has 1 atom stereocenters. The first kappa shape index (κ1) is 12.1. The van der Waals surface area contributed by atoms with E-state index in [1.165, 1.54) is 0 Å². The van der Waals surface area contributed by atoms with E-state index in [0.717, 1.165) is 11.3 Å². The second-order valence-corrected chi connectivity index (χ2v) is 5.09. The maximum atomic E-state index is 12.5. The highest BCUT2D eigenvalue weighted by atomic mass is 16.7. The largest absolute Gasteiger partial charge is 0.454 e. The molecule has 2 aromatic rings. The Morgan fingerprint density at radius 1 is 1.14 bits per heavy atom. The molecule has 2 aliphatic heterocycles. The van der Waals surface area contributed by atoms with Crippen molar-refractivity contribution in [1.29, 1.82) is 0 Å². The SMILES string of the molecule is CN1C(=O)c2ccccc2NC1c1cccc2c1OCO2. The molecule has 0 saturated heterocycles. The summed E-state index contributed by atoms with van der Waals surface area (Å²) in [4.78, 5) is 14.2. The number of para-hydroxylation sites is 2. The molecule has 0 fully saturated rings. The summed E-state index contributed by atoms with van der Waals surface area (Å²) in [5.74, 6) is 1.41. The Kier molecular flexibility index (Phi) is 2.54. The lowest BCUT2D eigenvalue weighted by Gasteiger charge is -2.35. The predicted molar refractivity (Wildman–Crippen MR) is 77.5 cm³/mol. The van der Waals surface area contributed by atoms with Gasteiger partial charge in [0.05, 0.1) is 5.56 Å². The molecule has 1 N–H and O–H groups in total. The predicted octanol–water partition coefficient (Wildman–Crippen LogP) is 2.61. The minimum atomic E-state index is -0.274. The van der Waals surface area contributed by atoms with Gasteiger partial charge in [0.15, 0.2) is 11.5 Å². The average molecular weight is 282 g/mol. The summed E-state index contributed by atoms with van der Waals surface area (Å²) in [5, 5.41) is 3.39. The first-order valence-corrected chi connectivity index (χ1v) is 6.77. The molecule has 2 heterocycles. The van der Waals surface area contributed by atoms with Crippen LogP contribution in [0.4, 0.5) is 5.69 Å². The maximum Gasteiger partial charge on any atom is 0.257 e. The molecule has 5 heteroatoms. The molecule has 2 aromatic carbocycles. The normalized spacial score (nSPS) is 19.2. The summed E-state index contributed by atoms with van der Waals surface area (Å²) in [6.07, 6.45) is -0.274. The van der Waals surface area contributed by atoms with E-state index >= 15 is 0 Å². The van der Waals surface area contributed by atoms with Crippen molar-refractivity contribution in [3.8, 4) is 11.5 Å². The molecule has 5 nitrogen and oxygen atoms in total. The van der Waals surface area contributed by atoms with Crippen molar-refractivity contribution in [1.82, 2.24) is 4.90 Å². The van der Waals surface area contributed by atoms with Gasteiger partial charge in [-0.15, -0.1) is 0 Å². The Morgan fingerprint density at radius 3 is 2.90 bits per heavy atom. The second-order valence-electron chi connectivity index (χ2n) is 5.09. The van der Waals surface area contributed by atoms with Crippen LogP contribution in [-0.4, -0.2) is 24.6 Å². The molecule has 0 radical (unpaired) electrons. The van der Waals surface area contributed by atoms with Gasteiger partial charge in [-0.05, 0) is 18.2 Å². The number of fused-ring (bicyclic) bond motifs is 2. The minimum absolute atomic E-state index is 0.00846. The van der Waals surface area contributed by atoms with Crippen LogP contribution in [0.3, 0.4) is 0 Å². The van der Waals surface area contributed by atoms with Crippen molar-refractivity contribution in [3.05, 3.63) is 53.6 Å². The van der Waals surface area contributed by atoms with Crippen molar-refractivity contribution in [3.63, 3.8) is 0 Å². The van der Waals surface area contributed by atoms with Gasteiger partial charge in [-0.3, -0.25) is 4.79 Å². The Bertz CT molecular complexity index is 729. The number of anilines is 1. The van der Waals surface area contributed by atoms with Gasteiger partial charge in [0, 0.05) is 18.3 Å². The van der Waals surface area contributed by atoms with E-state index in [0.29, 0.717) is 17.1 Å². The Labute approximate surface area is 122 Å². The van der Waals surface area contributed by atoms with E-state index in [2.05, 4.69) is 5.32 Å². The van der Waals surface area contributed by atoms with Gasteiger partial charge in [0.25, 0.3) is 5.91 Å². The Morgan fingerprint density at radius 2 is 2.00 bits per heavy atom. The molecule has 1 unspecified atom stereocenters. The quantitative estimate of drug-likeness (QED) is 0.873. The molecular weight excluding hydrogens is 268 g/mol. The Hall–Kier alpha value is -2.69. The molecule has 0 saturated carbocycles. The number of hydrogen-bond acceptors (Lipinski definition) is 4. The van der Waals surface area contributed by atoms with Gasteiger partial charge >= 0.3 is 0 Å². The molecule has 1 amide bonds. The molecule has 2 aliphatic rings. The van der Waals surface area contributed by atoms with Crippen LogP contribution in [0.2, 0.25) is 0 Å². The number of carbonyl (C=O) groups is 1. The highest BCUT2D eigenvalue weighted by Crippen LogP contribution is 2.42. The number of hydrogen-bond donors (Lipinski definition) is 1. The molecule has 0 bridgehead atoms. The van der Waals surface area contributed by atoms with Crippen LogP contribution in [0.25, 0.3) is 0 Å². The lowest BCUT2D eigenvalue weighted by molar-refractivity contribution is 0.0733. The zero-order chi connectivity index (χ0) is 14.4. The number of nitrogens with one attached hydrogen (secondary N) is 1. The van der Waals surface area contributed by atoms with Crippen LogP contribution in [0.1, 0.15) is 22.1 Å². The number of benzene rings is 2. The summed E-state index contributed by atoms with van der Waals surface area (Å²) in [6.45, 7) is 0.216. The van der Waals surface area contributed by atoms with Gasteiger partial charge in [-0.2, -0.15) is 0 Å². The lowest BCUT2D eigenvalue weighted by atomic mass is 10.0. The van der Waals surface area contributed by atoms with Crippen molar-refractivity contribution in [2.45, 2.75) is 6.17 Å². The molecule has 21 heavy (non-hydrogen) atoms. The van der Waals surface area contributed by atoms with Gasteiger partial charge in [0.1, 0.15) is 6.17 Å². The third kappa shape index (κ3) is 1.74. The highest BCUT2D eigenvalue weighted by molar-refractivity contribution is 6.01. The van der Waals surface area contributed by atoms with E-state index in [-0.39, 0.29) is 18.9 Å². The van der Waals surface area contributed by atoms with E-state index in [9.17, 15) is 4.79 Å². The fraction of sp³-hybridized carbons (Fsp3) is 0.188. The number of ether oxygens (including phenoxy) is 2. The van der Waals surface area contributed by atoms with Crippen molar-refractivity contribution in [2.75, 3.05) is 19.2 Å². The first-order valence-electron chi connectivity index (χ1n) is 6.77. The van der Waals surface area contributed by atoms with Gasteiger partial charge in [-0.1, -0.05) is 24.3 Å². The van der Waals surface area contributed by atoms with Crippen molar-refractivity contribution in [2.24, 2.45) is 0 Å². The molecule has 4 rings (SSSR count). The van der Waals surface area contributed by atoms with Gasteiger partial charge in [-0.25, -0.2) is 0 Å². The Balaban J connectivity index is 1.81. The number of carbonyl (C=O) groups excluding carboxylic acids is 1. The van der Waals surface area contributed by atoms with Crippen LogP contribution in [0.5, 0.6) is 11.5 Å². The van der Waals surface area contributed by atoms with Crippen LogP contribution in [0, 0.1) is 0 Å². The molecule has 0 aliphatic carbocycles. The monoisotopic (exact) mass is 282 g/mol. The number of rotatable bonds is 1. The van der Waals surface area contributed by atoms with Crippen LogP contribution < -0.4 is 14.8 Å². The number of amides is 1. The zero-order valence-corrected chi connectivity index (χ0v) is 11.5. The molecule has 0 aromatic heterocycles. The summed E-state index contributed by atoms with van der Waals surface area (Å²) in [7, 11) is 1.78. The van der Waals surface area contributed by atoms with Crippen LogP contribution in [0.15, 0.2) is 42.5 Å². The lowest BCUT2D eigenvalue weighted by Crippen LogP contribution is -2.40. The van der Waals surface area contributed by atoms with Gasteiger partial charge in [0.2, 0.25) is 6.79 Å². The summed E-state index contributed by atoms with van der Waals surface area (Å²) < 4.78 is 11.0. The molecule has 106 valence electrons. The second kappa shape index (κ2) is 4.41. The fourth-order valence-electron chi connectivity index (χ4n) is 2.80. The fourth-order valence-corrected chi connectivity index (χ4v) is 2.80. The first-order chi connectivity index (χ1) is 10.3. The highest BCUT2D eigenvalue weighted by Gasteiger charge is 2.33. The summed E-state index contributed by atoms with van der Waals surface area (Å²) >= 11 is 0. The third-order valence-electron chi connectivity index (χ3n) is 3.88. The van der Waals surface area contributed by atoms with Crippen LogP contribution >= 0.6 is 0 Å². The standard InChI is InChI=1S/C16H14N2O3/c1-18-15(11-6-4-8-13-14(11)21-9-20-13)17-12-7-3-2-5-10(12)16(18)19/h2-8,15,17H,9H2,1H3. The maximum absolute atomic E-state index is 12.5. The van der Waals surface area contributed by atoms with Crippen molar-refractivity contribution >= 4 is 11.6 Å². The van der Waals surface area contributed by atoms with E-state index in [4.69, 9.17) is 9.47 Å². The van der Waals surface area contributed by atoms with Gasteiger partial charge < -0.3 is 19.7 Å². The van der Waals surface area contributed by atoms with E-state index in [1.807, 2.05) is 42.5 Å².